The molecule has 0 aliphatic rings. The number of hydrogen-bond donors (Lipinski definition) is 1. The molecule has 0 bridgehead atoms. The first kappa shape index (κ1) is 16.9. The van der Waals surface area contributed by atoms with Crippen LogP contribution in [0, 0.1) is 6.92 Å². The number of aromatic nitrogens is 2. The molecular formula is C18H17N3O3S. The average molecular weight is 355 g/mol. The maximum absolute atomic E-state index is 12.4. The summed E-state index contributed by atoms with van der Waals surface area (Å²) in [5.74, 6) is 1.05. The number of ether oxygens (including phenoxy) is 2. The molecule has 6 nitrogen and oxygen atoms in total. The van der Waals surface area contributed by atoms with E-state index in [-0.39, 0.29) is 5.91 Å². The number of anilines is 1. The van der Waals surface area contributed by atoms with E-state index in [1.807, 2.05) is 37.3 Å². The second-order valence-electron chi connectivity index (χ2n) is 5.25. The Bertz CT molecular complexity index is 908. The number of methoxy groups -OCH3 is 2. The molecule has 25 heavy (non-hydrogen) atoms. The SMILES string of the molecule is COc1ccc(-c2nnc(NC(=O)c3ccccc3C)s2)cc1OC. The summed E-state index contributed by atoms with van der Waals surface area (Å²) in [6, 6.07) is 12.9. The zero-order chi connectivity index (χ0) is 17.8. The topological polar surface area (TPSA) is 73.3 Å². The lowest BCUT2D eigenvalue weighted by Crippen LogP contribution is -2.12. The average Bonchev–Trinajstić information content (AvgIpc) is 3.09. The normalized spacial score (nSPS) is 10.4. The highest BCUT2D eigenvalue weighted by molar-refractivity contribution is 7.18. The smallest absolute Gasteiger partial charge is 0.257 e. The zero-order valence-corrected chi connectivity index (χ0v) is 14.9. The number of amides is 1. The molecule has 0 saturated carbocycles. The number of carbonyl (C=O) groups excluding carboxylic acids is 1. The van der Waals surface area contributed by atoms with Crippen LogP contribution in [0.15, 0.2) is 42.5 Å². The minimum atomic E-state index is -0.201. The van der Waals surface area contributed by atoms with Gasteiger partial charge in [0.25, 0.3) is 5.91 Å². The molecule has 1 heterocycles. The van der Waals surface area contributed by atoms with Crippen molar-refractivity contribution < 1.29 is 14.3 Å². The monoisotopic (exact) mass is 355 g/mol. The van der Waals surface area contributed by atoms with Crippen molar-refractivity contribution in [3.8, 4) is 22.1 Å². The summed E-state index contributed by atoms with van der Waals surface area (Å²) in [6.45, 7) is 1.89. The van der Waals surface area contributed by atoms with E-state index in [1.165, 1.54) is 11.3 Å². The molecule has 0 aliphatic carbocycles. The Morgan fingerprint density at radius 1 is 1.04 bits per heavy atom. The van der Waals surface area contributed by atoms with E-state index in [0.29, 0.717) is 27.2 Å². The molecule has 3 rings (SSSR count). The van der Waals surface area contributed by atoms with E-state index < -0.39 is 0 Å². The minimum Gasteiger partial charge on any atom is -0.493 e. The van der Waals surface area contributed by atoms with E-state index in [2.05, 4.69) is 15.5 Å². The molecule has 0 saturated heterocycles. The predicted octanol–water partition coefficient (Wildman–Crippen LogP) is 3.78. The Morgan fingerprint density at radius 2 is 1.80 bits per heavy atom. The van der Waals surface area contributed by atoms with Gasteiger partial charge in [-0.2, -0.15) is 0 Å². The Labute approximate surface area is 149 Å². The lowest BCUT2D eigenvalue weighted by molar-refractivity contribution is 0.102. The van der Waals surface area contributed by atoms with Crippen molar-refractivity contribution in [3.63, 3.8) is 0 Å². The number of hydrogen-bond acceptors (Lipinski definition) is 6. The summed E-state index contributed by atoms with van der Waals surface area (Å²) >= 11 is 1.30. The van der Waals surface area contributed by atoms with Crippen molar-refractivity contribution in [1.29, 1.82) is 0 Å². The molecule has 0 radical (unpaired) electrons. The number of benzene rings is 2. The van der Waals surface area contributed by atoms with Gasteiger partial charge in [-0.15, -0.1) is 10.2 Å². The quantitative estimate of drug-likeness (QED) is 0.754. The van der Waals surface area contributed by atoms with E-state index in [0.717, 1.165) is 11.1 Å². The fourth-order valence-electron chi connectivity index (χ4n) is 2.35. The van der Waals surface area contributed by atoms with Crippen LogP contribution in [0.5, 0.6) is 11.5 Å². The second-order valence-corrected chi connectivity index (χ2v) is 6.23. The van der Waals surface area contributed by atoms with Crippen molar-refractivity contribution in [2.75, 3.05) is 19.5 Å². The highest BCUT2D eigenvalue weighted by Gasteiger charge is 2.14. The highest BCUT2D eigenvalue weighted by Crippen LogP contribution is 2.34. The summed E-state index contributed by atoms with van der Waals surface area (Å²) in [7, 11) is 3.16. The number of nitrogens with one attached hydrogen (secondary N) is 1. The first-order valence-corrected chi connectivity index (χ1v) is 8.37. The molecule has 1 N–H and O–H groups in total. The first-order valence-electron chi connectivity index (χ1n) is 7.55. The van der Waals surface area contributed by atoms with Crippen LogP contribution in [0.1, 0.15) is 15.9 Å². The van der Waals surface area contributed by atoms with E-state index in [9.17, 15) is 4.79 Å². The van der Waals surface area contributed by atoms with Gasteiger partial charge in [-0.1, -0.05) is 29.5 Å². The van der Waals surface area contributed by atoms with Crippen LogP contribution in [0.3, 0.4) is 0 Å². The number of nitrogens with zero attached hydrogens (tertiary/aromatic N) is 2. The van der Waals surface area contributed by atoms with Gasteiger partial charge in [0.1, 0.15) is 5.01 Å². The van der Waals surface area contributed by atoms with Crippen molar-refractivity contribution >= 4 is 22.4 Å². The molecular weight excluding hydrogens is 338 g/mol. The number of carbonyl (C=O) groups is 1. The third-order valence-electron chi connectivity index (χ3n) is 3.67. The lowest BCUT2D eigenvalue weighted by Gasteiger charge is -2.07. The molecule has 0 atom stereocenters. The van der Waals surface area contributed by atoms with Gasteiger partial charge in [-0.3, -0.25) is 10.1 Å². The Morgan fingerprint density at radius 3 is 2.52 bits per heavy atom. The van der Waals surface area contributed by atoms with Gasteiger partial charge in [0.05, 0.1) is 14.2 Å². The fourth-order valence-corrected chi connectivity index (χ4v) is 3.09. The number of rotatable bonds is 5. The molecule has 128 valence electrons. The molecule has 0 aliphatic heterocycles. The molecule has 7 heteroatoms. The Kier molecular flexibility index (Phi) is 4.95. The lowest BCUT2D eigenvalue weighted by atomic mass is 10.1. The van der Waals surface area contributed by atoms with Crippen LogP contribution in [-0.4, -0.2) is 30.3 Å². The van der Waals surface area contributed by atoms with Gasteiger partial charge in [0.2, 0.25) is 5.13 Å². The van der Waals surface area contributed by atoms with Crippen LogP contribution in [0.25, 0.3) is 10.6 Å². The van der Waals surface area contributed by atoms with Crippen LogP contribution in [-0.2, 0) is 0 Å². The van der Waals surface area contributed by atoms with E-state index in [1.54, 1.807) is 26.4 Å². The van der Waals surface area contributed by atoms with Crippen molar-refractivity contribution in [3.05, 3.63) is 53.6 Å². The highest BCUT2D eigenvalue weighted by atomic mass is 32.1. The molecule has 0 spiro atoms. The summed E-state index contributed by atoms with van der Waals surface area (Å²) < 4.78 is 10.5. The second kappa shape index (κ2) is 7.31. The first-order chi connectivity index (χ1) is 12.1. The molecule has 2 aromatic carbocycles. The fraction of sp³-hybridized carbons (Fsp3) is 0.167. The van der Waals surface area contributed by atoms with E-state index in [4.69, 9.17) is 9.47 Å². The van der Waals surface area contributed by atoms with Gasteiger partial charge < -0.3 is 9.47 Å². The maximum atomic E-state index is 12.4. The third-order valence-corrected chi connectivity index (χ3v) is 4.55. The van der Waals surface area contributed by atoms with Gasteiger partial charge in [-0.25, -0.2) is 0 Å². The predicted molar refractivity (Wildman–Crippen MR) is 97.6 cm³/mol. The van der Waals surface area contributed by atoms with Gasteiger partial charge in [0, 0.05) is 11.1 Å². The van der Waals surface area contributed by atoms with Crippen molar-refractivity contribution in [1.82, 2.24) is 10.2 Å². The zero-order valence-electron chi connectivity index (χ0n) is 14.1. The maximum Gasteiger partial charge on any atom is 0.257 e. The van der Waals surface area contributed by atoms with Crippen LogP contribution >= 0.6 is 11.3 Å². The molecule has 3 aromatic rings. The summed E-state index contributed by atoms with van der Waals surface area (Å²) in [6.07, 6.45) is 0. The molecule has 0 fully saturated rings. The van der Waals surface area contributed by atoms with Gasteiger partial charge >= 0.3 is 0 Å². The van der Waals surface area contributed by atoms with E-state index >= 15 is 0 Å². The minimum absolute atomic E-state index is 0.201. The standard InChI is InChI=1S/C18H17N3O3S/c1-11-6-4-5-7-13(11)16(22)19-18-21-20-17(25-18)12-8-9-14(23-2)15(10-12)24-3/h4-10H,1-3H3,(H,19,21,22). The van der Waals surface area contributed by atoms with Crippen LogP contribution < -0.4 is 14.8 Å². The van der Waals surface area contributed by atoms with Crippen LogP contribution in [0.4, 0.5) is 5.13 Å². The Hall–Kier alpha value is -2.93. The molecule has 1 aromatic heterocycles. The van der Waals surface area contributed by atoms with Crippen molar-refractivity contribution in [2.24, 2.45) is 0 Å². The van der Waals surface area contributed by atoms with Crippen molar-refractivity contribution in [2.45, 2.75) is 6.92 Å². The van der Waals surface area contributed by atoms with Gasteiger partial charge in [-0.05, 0) is 36.8 Å². The summed E-state index contributed by atoms with van der Waals surface area (Å²) in [5.41, 5.74) is 2.36. The van der Waals surface area contributed by atoms with Crippen LogP contribution in [0.2, 0.25) is 0 Å². The number of aryl methyl sites for hydroxylation is 1. The largest absolute Gasteiger partial charge is 0.493 e. The Balaban J connectivity index is 1.81. The summed E-state index contributed by atoms with van der Waals surface area (Å²) in [5, 5.41) is 12.1. The molecule has 0 unspecified atom stereocenters. The van der Waals surface area contributed by atoms with Gasteiger partial charge in [0.15, 0.2) is 11.5 Å². The molecule has 1 amide bonds. The third kappa shape index (κ3) is 3.61. The summed E-state index contributed by atoms with van der Waals surface area (Å²) in [4.78, 5) is 12.4.